The van der Waals surface area contributed by atoms with Crippen molar-refractivity contribution in [2.45, 2.75) is 27.0 Å². The fourth-order valence-corrected chi connectivity index (χ4v) is 1.59. The van der Waals surface area contributed by atoms with Gasteiger partial charge in [-0.1, -0.05) is 13.8 Å². The second-order valence-corrected chi connectivity index (χ2v) is 3.65. The Labute approximate surface area is 97.4 Å². The summed E-state index contributed by atoms with van der Waals surface area (Å²) in [5.74, 6) is 0.822. The van der Waals surface area contributed by atoms with E-state index in [2.05, 4.69) is 18.7 Å². The smallest absolute Gasteiger partial charge is 0.122 e. The topological polar surface area (TPSA) is 51.6 Å². The summed E-state index contributed by atoms with van der Waals surface area (Å²) < 4.78 is 10.8. The Morgan fingerprint density at radius 2 is 2.12 bits per heavy atom. The van der Waals surface area contributed by atoms with E-state index in [-0.39, 0.29) is 0 Å². The maximum absolute atomic E-state index is 5.60. The lowest BCUT2D eigenvalue weighted by atomic mass is 10.2. The van der Waals surface area contributed by atoms with Crippen LogP contribution in [0.3, 0.4) is 0 Å². The number of nitrogens with two attached hydrogens (primary N) is 1. The fraction of sp³-hybridized carbons (Fsp3) is 0.667. The summed E-state index contributed by atoms with van der Waals surface area (Å²) in [5.41, 5.74) is 6.59. The molecule has 0 spiro atoms. The lowest BCUT2D eigenvalue weighted by molar-refractivity contribution is 0.0947. The molecule has 4 heteroatoms. The number of hydrogen-bond acceptors (Lipinski definition) is 4. The number of likely N-dealkylation sites (N-methyl/N-ethyl adjacent to an activating group) is 1. The molecule has 0 saturated carbocycles. The van der Waals surface area contributed by atoms with Gasteiger partial charge in [0.15, 0.2) is 0 Å². The van der Waals surface area contributed by atoms with Crippen LogP contribution < -0.4 is 5.73 Å². The van der Waals surface area contributed by atoms with Crippen LogP contribution in [0.15, 0.2) is 16.7 Å². The van der Waals surface area contributed by atoms with Crippen molar-refractivity contribution in [2.24, 2.45) is 5.73 Å². The molecule has 0 aliphatic rings. The van der Waals surface area contributed by atoms with Gasteiger partial charge in [-0.2, -0.15) is 0 Å². The standard InChI is InChI=1S/C12H22N2O2/c1-3-14(4-2)6-8-15-10-11-5-7-16-12(11)9-13/h5,7H,3-4,6,8-10,13H2,1-2H3. The van der Waals surface area contributed by atoms with Gasteiger partial charge in [0.05, 0.1) is 26.0 Å². The third-order valence-corrected chi connectivity index (χ3v) is 2.73. The zero-order valence-electron chi connectivity index (χ0n) is 10.2. The van der Waals surface area contributed by atoms with E-state index < -0.39 is 0 Å². The van der Waals surface area contributed by atoms with Crippen LogP contribution in [0.2, 0.25) is 0 Å². The predicted octanol–water partition coefficient (Wildman–Crippen LogP) is 1.60. The molecule has 1 aromatic heterocycles. The van der Waals surface area contributed by atoms with Crippen LogP contribution in [0.4, 0.5) is 0 Å². The Hall–Kier alpha value is -0.840. The summed E-state index contributed by atoms with van der Waals surface area (Å²) in [6.45, 7) is 9.20. The Balaban J connectivity index is 2.20. The van der Waals surface area contributed by atoms with Crippen LogP contribution in [0.1, 0.15) is 25.2 Å². The van der Waals surface area contributed by atoms with Crippen molar-refractivity contribution in [3.05, 3.63) is 23.7 Å². The molecular weight excluding hydrogens is 204 g/mol. The molecule has 0 aliphatic heterocycles. The summed E-state index contributed by atoms with van der Waals surface area (Å²) in [4.78, 5) is 2.33. The van der Waals surface area contributed by atoms with E-state index in [1.807, 2.05) is 6.07 Å². The number of ether oxygens (including phenoxy) is 1. The van der Waals surface area contributed by atoms with Crippen molar-refractivity contribution >= 4 is 0 Å². The highest BCUT2D eigenvalue weighted by Gasteiger charge is 2.04. The lowest BCUT2D eigenvalue weighted by Gasteiger charge is -2.17. The third-order valence-electron chi connectivity index (χ3n) is 2.73. The van der Waals surface area contributed by atoms with E-state index in [9.17, 15) is 0 Å². The first-order chi connectivity index (χ1) is 7.81. The second-order valence-electron chi connectivity index (χ2n) is 3.65. The zero-order chi connectivity index (χ0) is 11.8. The summed E-state index contributed by atoms with van der Waals surface area (Å²) in [5, 5.41) is 0. The van der Waals surface area contributed by atoms with Crippen molar-refractivity contribution in [3.63, 3.8) is 0 Å². The molecule has 1 rings (SSSR count). The summed E-state index contributed by atoms with van der Waals surface area (Å²) in [6, 6.07) is 1.92. The molecule has 1 heterocycles. The first kappa shape index (κ1) is 13.2. The second kappa shape index (κ2) is 7.44. The maximum atomic E-state index is 5.60. The van der Waals surface area contributed by atoms with Gasteiger partial charge in [-0.25, -0.2) is 0 Å². The number of rotatable bonds is 8. The first-order valence-electron chi connectivity index (χ1n) is 5.87. The molecule has 0 fully saturated rings. The fourth-order valence-electron chi connectivity index (χ4n) is 1.59. The lowest BCUT2D eigenvalue weighted by Crippen LogP contribution is -2.27. The quantitative estimate of drug-likeness (QED) is 0.684. The minimum absolute atomic E-state index is 0.432. The van der Waals surface area contributed by atoms with E-state index in [0.717, 1.165) is 37.6 Å². The number of hydrogen-bond donors (Lipinski definition) is 1. The average Bonchev–Trinajstić information content (AvgIpc) is 2.77. The van der Waals surface area contributed by atoms with Gasteiger partial charge in [0.25, 0.3) is 0 Å². The van der Waals surface area contributed by atoms with Gasteiger partial charge in [-0.15, -0.1) is 0 Å². The molecule has 0 unspecified atom stereocenters. The molecule has 0 bridgehead atoms. The van der Waals surface area contributed by atoms with E-state index >= 15 is 0 Å². The third kappa shape index (κ3) is 3.96. The van der Waals surface area contributed by atoms with Crippen molar-refractivity contribution < 1.29 is 9.15 Å². The Morgan fingerprint density at radius 1 is 1.38 bits per heavy atom. The number of nitrogens with zero attached hydrogens (tertiary/aromatic N) is 1. The molecule has 4 nitrogen and oxygen atoms in total. The molecule has 1 aromatic rings. The highest BCUT2D eigenvalue weighted by Crippen LogP contribution is 2.10. The predicted molar refractivity (Wildman–Crippen MR) is 64.0 cm³/mol. The minimum atomic E-state index is 0.432. The molecule has 0 amide bonds. The van der Waals surface area contributed by atoms with E-state index in [1.165, 1.54) is 0 Å². The molecule has 0 atom stereocenters. The van der Waals surface area contributed by atoms with Gasteiger partial charge in [-0.05, 0) is 19.2 Å². The van der Waals surface area contributed by atoms with Gasteiger partial charge in [0, 0.05) is 12.1 Å². The molecule has 16 heavy (non-hydrogen) atoms. The van der Waals surface area contributed by atoms with E-state index in [0.29, 0.717) is 13.2 Å². The number of furan rings is 1. The molecule has 0 aromatic carbocycles. The summed E-state index contributed by atoms with van der Waals surface area (Å²) in [6.07, 6.45) is 1.66. The van der Waals surface area contributed by atoms with Crippen LogP contribution in [0.5, 0.6) is 0 Å². The molecule has 0 saturated heterocycles. The zero-order valence-corrected chi connectivity index (χ0v) is 10.2. The van der Waals surface area contributed by atoms with Crippen LogP contribution in [0, 0.1) is 0 Å². The summed E-state index contributed by atoms with van der Waals surface area (Å²) in [7, 11) is 0. The molecule has 0 radical (unpaired) electrons. The van der Waals surface area contributed by atoms with Gasteiger partial charge < -0.3 is 19.8 Å². The highest BCUT2D eigenvalue weighted by atomic mass is 16.5. The minimum Gasteiger partial charge on any atom is -0.468 e. The van der Waals surface area contributed by atoms with Crippen LogP contribution in [-0.2, 0) is 17.9 Å². The normalized spacial score (nSPS) is 11.2. The largest absolute Gasteiger partial charge is 0.468 e. The Morgan fingerprint density at radius 3 is 2.75 bits per heavy atom. The van der Waals surface area contributed by atoms with Crippen LogP contribution in [0.25, 0.3) is 0 Å². The Kier molecular flexibility index (Phi) is 6.15. The van der Waals surface area contributed by atoms with Gasteiger partial charge in [0.1, 0.15) is 5.76 Å². The molecular formula is C12H22N2O2. The van der Waals surface area contributed by atoms with Gasteiger partial charge >= 0.3 is 0 Å². The van der Waals surface area contributed by atoms with Crippen LogP contribution in [-0.4, -0.2) is 31.1 Å². The molecule has 92 valence electrons. The van der Waals surface area contributed by atoms with Crippen molar-refractivity contribution in [1.82, 2.24) is 4.90 Å². The van der Waals surface area contributed by atoms with Crippen molar-refractivity contribution in [2.75, 3.05) is 26.2 Å². The van der Waals surface area contributed by atoms with Gasteiger partial charge in [0.2, 0.25) is 0 Å². The maximum Gasteiger partial charge on any atom is 0.122 e. The van der Waals surface area contributed by atoms with E-state index in [4.69, 9.17) is 14.9 Å². The first-order valence-corrected chi connectivity index (χ1v) is 5.87. The Bertz CT molecular complexity index is 282. The van der Waals surface area contributed by atoms with E-state index in [1.54, 1.807) is 6.26 Å². The van der Waals surface area contributed by atoms with Gasteiger partial charge in [-0.3, -0.25) is 0 Å². The SMILES string of the molecule is CCN(CC)CCOCc1ccoc1CN. The molecule has 2 N–H and O–H groups in total. The molecule has 0 aliphatic carbocycles. The average molecular weight is 226 g/mol. The van der Waals surface area contributed by atoms with Crippen molar-refractivity contribution in [1.29, 1.82) is 0 Å². The monoisotopic (exact) mass is 226 g/mol. The van der Waals surface area contributed by atoms with Crippen LogP contribution >= 0.6 is 0 Å². The highest BCUT2D eigenvalue weighted by molar-refractivity contribution is 5.15. The summed E-state index contributed by atoms with van der Waals surface area (Å²) >= 11 is 0. The van der Waals surface area contributed by atoms with Crippen molar-refractivity contribution in [3.8, 4) is 0 Å².